The fourth-order valence-electron chi connectivity index (χ4n) is 2.12. The Morgan fingerprint density at radius 1 is 1.28 bits per heavy atom. The zero-order valence-corrected chi connectivity index (χ0v) is 11.0. The van der Waals surface area contributed by atoms with Gasteiger partial charge in [-0.3, -0.25) is 4.68 Å². The minimum atomic E-state index is -0.347. The summed E-state index contributed by atoms with van der Waals surface area (Å²) in [4.78, 5) is 0. The molecule has 3 heteroatoms. The SMILES string of the molecule is CCn1cc(CC(O)Cc2ccccc2C)cn1. The fourth-order valence-corrected chi connectivity index (χ4v) is 2.12. The van der Waals surface area contributed by atoms with Gasteiger partial charge in [-0.2, -0.15) is 5.10 Å². The molecule has 96 valence electrons. The Morgan fingerprint density at radius 3 is 2.72 bits per heavy atom. The molecular weight excluding hydrogens is 224 g/mol. The van der Waals surface area contributed by atoms with Crippen molar-refractivity contribution in [2.45, 2.75) is 39.3 Å². The first-order chi connectivity index (χ1) is 8.69. The maximum atomic E-state index is 10.1. The van der Waals surface area contributed by atoms with Gasteiger partial charge in [0.15, 0.2) is 0 Å². The molecule has 0 radical (unpaired) electrons. The van der Waals surface area contributed by atoms with Gasteiger partial charge in [0.25, 0.3) is 0 Å². The smallest absolute Gasteiger partial charge is 0.0622 e. The van der Waals surface area contributed by atoms with Gasteiger partial charge in [-0.25, -0.2) is 0 Å². The molecule has 1 N–H and O–H groups in total. The molecule has 0 aliphatic heterocycles. The van der Waals surface area contributed by atoms with Crippen molar-refractivity contribution < 1.29 is 5.11 Å². The van der Waals surface area contributed by atoms with Crippen molar-refractivity contribution in [3.63, 3.8) is 0 Å². The molecule has 0 aliphatic carbocycles. The van der Waals surface area contributed by atoms with E-state index in [0.29, 0.717) is 12.8 Å². The van der Waals surface area contributed by atoms with E-state index in [4.69, 9.17) is 0 Å². The number of aryl methyl sites for hydroxylation is 2. The summed E-state index contributed by atoms with van der Waals surface area (Å²) in [5.41, 5.74) is 3.55. The van der Waals surface area contributed by atoms with Gasteiger partial charge in [0.1, 0.15) is 0 Å². The van der Waals surface area contributed by atoms with Crippen LogP contribution in [0.5, 0.6) is 0 Å². The lowest BCUT2D eigenvalue weighted by atomic mass is 9.99. The van der Waals surface area contributed by atoms with E-state index >= 15 is 0 Å². The first-order valence-corrected chi connectivity index (χ1v) is 6.43. The van der Waals surface area contributed by atoms with Crippen molar-refractivity contribution in [3.05, 3.63) is 53.3 Å². The Labute approximate surface area is 108 Å². The van der Waals surface area contributed by atoms with E-state index < -0.39 is 0 Å². The highest BCUT2D eigenvalue weighted by atomic mass is 16.3. The second-order valence-corrected chi connectivity index (χ2v) is 4.69. The predicted octanol–water partition coefficient (Wildman–Crippen LogP) is 2.36. The quantitative estimate of drug-likeness (QED) is 0.876. The maximum absolute atomic E-state index is 10.1. The lowest BCUT2D eigenvalue weighted by molar-refractivity contribution is 0.175. The lowest BCUT2D eigenvalue weighted by Crippen LogP contribution is -2.14. The molecule has 1 aromatic carbocycles. The predicted molar refractivity (Wildman–Crippen MR) is 72.5 cm³/mol. The Bertz CT molecular complexity index is 505. The Kier molecular flexibility index (Phi) is 4.15. The summed E-state index contributed by atoms with van der Waals surface area (Å²) in [7, 11) is 0. The number of aliphatic hydroxyl groups excluding tert-OH is 1. The zero-order valence-electron chi connectivity index (χ0n) is 11.0. The molecule has 0 saturated heterocycles. The van der Waals surface area contributed by atoms with Crippen LogP contribution in [-0.2, 0) is 19.4 Å². The second-order valence-electron chi connectivity index (χ2n) is 4.69. The van der Waals surface area contributed by atoms with Gasteiger partial charge >= 0.3 is 0 Å². The van der Waals surface area contributed by atoms with Gasteiger partial charge in [0.05, 0.1) is 12.3 Å². The first kappa shape index (κ1) is 12.8. The van der Waals surface area contributed by atoms with E-state index in [1.807, 2.05) is 29.2 Å². The summed E-state index contributed by atoms with van der Waals surface area (Å²) in [5.74, 6) is 0. The minimum absolute atomic E-state index is 0.347. The summed E-state index contributed by atoms with van der Waals surface area (Å²) < 4.78 is 1.88. The molecule has 0 saturated carbocycles. The van der Waals surface area contributed by atoms with Crippen LogP contribution in [0.3, 0.4) is 0 Å². The molecule has 18 heavy (non-hydrogen) atoms. The van der Waals surface area contributed by atoms with Crippen LogP contribution >= 0.6 is 0 Å². The highest BCUT2D eigenvalue weighted by molar-refractivity contribution is 5.26. The summed E-state index contributed by atoms with van der Waals surface area (Å²) in [5, 5.41) is 14.3. The highest BCUT2D eigenvalue weighted by Gasteiger charge is 2.09. The Morgan fingerprint density at radius 2 is 2.06 bits per heavy atom. The molecule has 1 aromatic heterocycles. The fraction of sp³-hybridized carbons (Fsp3) is 0.400. The molecule has 1 unspecified atom stereocenters. The second kappa shape index (κ2) is 5.83. The van der Waals surface area contributed by atoms with E-state index in [2.05, 4.69) is 31.1 Å². The van der Waals surface area contributed by atoms with Crippen LogP contribution in [0.15, 0.2) is 36.7 Å². The third-order valence-corrected chi connectivity index (χ3v) is 3.20. The Balaban J connectivity index is 1.96. The van der Waals surface area contributed by atoms with Crippen molar-refractivity contribution in [3.8, 4) is 0 Å². The molecule has 1 heterocycles. The van der Waals surface area contributed by atoms with E-state index in [1.165, 1.54) is 11.1 Å². The summed E-state index contributed by atoms with van der Waals surface area (Å²) >= 11 is 0. The topological polar surface area (TPSA) is 38.0 Å². The number of benzene rings is 1. The minimum Gasteiger partial charge on any atom is -0.392 e. The van der Waals surface area contributed by atoms with Crippen LogP contribution in [-0.4, -0.2) is 21.0 Å². The average Bonchev–Trinajstić information content (AvgIpc) is 2.80. The molecule has 3 nitrogen and oxygen atoms in total. The number of aliphatic hydroxyl groups is 1. The third-order valence-electron chi connectivity index (χ3n) is 3.20. The largest absolute Gasteiger partial charge is 0.392 e. The molecule has 2 rings (SSSR count). The number of nitrogens with zero attached hydrogens (tertiary/aromatic N) is 2. The van der Waals surface area contributed by atoms with Crippen LogP contribution in [0.4, 0.5) is 0 Å². The van der Waals surface area contributed by atoms with Crippen molar-refractivity contribution in [2.75, 3.05) is 0 Å². The average molecular weight is 244 g/mol. The summed E-state index contributed by atoms with van der Waals surface area (Å²) in [6.45, 7) is 5.01. The van der Waals surface area contributed by atoms with Crippen molar-refractivity contribution in [1.82, 2.24) is 9.78 Å². The van der Waals surface area contributed by atoms with Gasteiger partial charge in [0.2, 0.25) is 0 Å². The monoisotopic (exact) mass is 244 g/mol. The van der Waals surface area contributed by atoms with Crippen molar-refractivity contribution in [2.24, 2.45) is 0 Å². The molecule has 0 fully saturated rings. The standard InChI is InChI=1S/C15H20N2O/c1-3-17-11-13(10-16-17)8-15(18)9-14-7-5-4-6-12(14)2/h4-7,10-11,15,18H,3,8-9H2,1-2H3. The maximum Gasteiger partial charge on any atom is 0.0622 e. The highest BCUT2D eigenvalue weighted by Crippen LogP contribution is 2.12. The normalized spacial score (nSPS) is 12.6. The number of hydrogen-bond donors (Lipinski definition) is 1. The van der Waals surface area contributed by atoms with Crippen LogP contribution in [0.1, 0.15) is 23.6 Å². The van der Waals surface area contributed by atoms with Crippen LogP contribution < -0.4 is 0 Å². The van der Waals surface area contributed by atoms with Gasteiger partial charge in [-0.1, -0.05) is 24.3 Å². The molecule has 0 bridgehead atoms. The lowest BCUT2D eigenvalue weighted by Gasteiger charge is -2.11. The summed E-state index contributed by atoms with van der Waals surface area (Å²) in [6, 6.07) is 8.20. The number of hydrogen-bond acceptors (Lipinski definition) is 2. The third kappa shape index (κ3) is 3.20. The first-order valence-electron chi connectivity index (χ1n) is 6.43. The van der Waals surface area contributed by atoms with Crippen LogP contribution in [0.2, 0.25) is 0 Å². The molecule has 0 amide bonds. The molecule has 1 atom stereocenters. The Hall–Kier alpha value is -1.61. The van der Waals surface area contributed by atoms with E-state index in [1.54, 1.807) is 0 Å². The molecule has 0 aliphatic rings. The van der Waals surface area contributed by atoms with Crippen molar-refractivity contribution >= 4 is 0 Å². The van der Waals surface area contributed by atoms with Gasteiger partial charge < -0.3 is 5.11 Å². The molecule has 0 spiro atoms. The van der Waals surface area contributed by atoms with E-state index in [-0.39, 0.29) is 6.10 Å². The number of rotatable bonds is 5. The van der Waals surface area contributed by atoms with Gasteiger partial charge in [-0.15, -0.1) is 0 Å². The molecule has 2 aromatic rings. The van der Waals surface area contributed by atoms with Crippen LogP contribution in [0.25, 0.3) is 0 Å². The number of aromatic nitrogens is 2. The van der Waals surface area contributed by atoms with E-state index in [0.717, 1.165) is 12.1 Å². The van der Waals surface area contributed by atoms with E-state index in [9.17, 15) is 5.11 Å². The van der Waals surface area contributed by atoms with Crippen LogP contribution in [0, 0.1) is 6.92 Å². The van der Waals surface area contributed by atoms with Gasteiger partial charge in [0, 0.05) is 19.2 Å². The van der Waals surface area contributed by atoms with Gasteiger partial charge in [-0.05, 0) is 37.0 Å². The van der Waals surface area contributed by atoms with Crippen molar-refractivity contribution in [1.29, 1.82) is 0 Å². The summed E-state index contributed by atoms with van der Waals surface area (Å²) in [6.07, 6.45) is 4.85. The molecular formula is C15H20N2O. The zero-order chi connectivity index (χ0) is 13.0.